The molecule has 0 radical (unpaired) electrons. The van der Waals surface area contributed by atoms with Gasteiger partial charge in [0.1, 0.15) is 5.69 Å². The van der Waals surface area contributed by atoms with Crippen molar-refractivity contribution >= 4 is 17.4 Å². The number of benzene rings is 1. The van der Waals surface area contributed by atoms with Crippen molar-refractivity contribution in [3.05, 3.63) is 40.5 Å². The predicted molar refractivity (Wildman–Crippen MR) is 70.9 cm³/mol. The van der Waals surface area contributed by atoms with E-state index in [1.807, 2.05) is 36.0 Å². The highest BCUT2D eigenvalue weighted by atomic mass is 35.5. The monoisotopic (exact) mass is 260 g/mol. The summed E-state index contributed by atoms with van der Waals surface area (Å²) in [4.78, 5) is 12.1. The number of hydrogen-bond donors (Lipinski definition) is 0. The summed E-state index contributed by atoms with van der Waals surface area (Å²) in [5, 5.41) is 5.15. The van der Waals surface area contributed by atoms with E-state index in [0.29, 0.717) is 11.4 Å². The van der Waals surface area contributed by atoms with Gasteiger partial charge in [0, 0.05) is 29.7 Å². The van der Waals surface area contributed by atoms with Gasteiger partial charge in [-0.15, -0.1) is 0 Å². The van der Waals surface area contributed by atoms with E-state index >= 15 is 0 Å². The second-order valence-electron chi connectivity index (χ2n) is 4.58. The third-order valence-electron chi connectivity index (χ3n) is 3.36. The van der Waals surface area contributed by atoms with E-state index in [0.717, 1.165) is 35.4 Å². The Hall–Kier alpha value is -1.61. The Labute approximate surface area is 110 Å². The molecule has 0 fully saturated rings. The van der Waals surface area contributed by atoms with Crippen LogP contribution in [0.15, 0.2) is 24.3 Å². The highest BCUT2D eigenvalue weighted by molar-refractivity contribution is 6.30. The van der Waals surface area contributed by atoms with Crippen LogP contribution in [-0.4, -0.2) is 15.6 Å². The minimum atomic E-state index is 0.194. The second-order valence-corrected chi connectivity index (χ2v) is 5.02. The van der Waals surface area contributed by atoms with Gasteiger partial charge in [0.15, 0.2) is 5.78 Å². The maximum atomic E-state index is 12.1. The van der Waals surface area contributed by atoms with Crippen LogP contribution in [0.1, 0.15) is 28.9 Å². The van der Waals surface area contributed by atoms with Gasteiger partial charge in [-0.05, 0) is 25.0 Å². The third-order valence-corrected chi connectivity index (χ3v) is 3.60. The number of fused-ring (bicyclic) bond motifs is 1. The van der Waals surface area contributed by atoms with Crippen LogP contribution < -0.4 is 0 Å². The molecule has 2 aromatic rings. The molecule has 0 aliphatic heterocycles. The molecule has 0 saturated heterocycles. The number of Topliss-reactive ketones (excluding diaryl/α,β-unsaturated/α-hetero) is 1. The molecule has 0 spiro atoms. The lowest BCUT2D eigenvalue weighted by Crippen LogP contribution is -2.12. The van der Waals surface area contributed by atoms with E-state index in [2.05, 4.69) is 5.10 Å². The second kappa shape index (κ2) is 4.25. The summed E-state index contributed by atoms with van der Waals surface area (Å²) < 4.78 is 1.82. The molecule has 0 bridgehead atoms. The molecule has 4 heteroatoms. The molecule has 0 unspecified atom stereocenters. The number of ketones is 1. The number of aryl methyl sites for hydroxylation is 1. The van der Waals surface area contributed by atoms with E-state index < -0.39 is 0 Å². The molecule has 0 atom stereocenters. The fraction of sp³-hybridized carbons (Fsp3) is 0.286. The van der Waals surface area contributed by atoms with Gasteiger partial charge >= 0.3 is 0 Å². The average molecular weight is 261 g/mol. The molecule has 1 aliphatic carbocycles. The third kappa shape index (κ3) is 1.75. The zero-order chi connectivity index (χ0) is 12.7. The number of aromatic nitrogens is 2. The quantitative estimate of drug-likeness (QED) is 0.789. The Morgan fingerprint density at radius 3 is 2.94 bits per heavy atom. The molecule has 18 heavy (non-hydrogen) atoms. The number of rotatable bonds is 1. The lowest BCUT2D eigenvalue weighted by Gasteiger charge is -2.11. The van der Waals surface area contributed by atoms with Gasteiger partial charge in [0.25, 0.3) is 0 Å². The zero-order valence-electron chi connectivity index (χ0n) is 10.1. The Morgan fingerprint density at radius 2 is 2.17 bits per heavy atom. The molecular formula is C14H13ClN2O. The number of carbonyl (C=O) groups is 1. The highest BCUT2D eigenvalue weighted by Crippen LogP contribution is 2.31. The average Bonchev–Trinajstić information content (AvgIpc) is 2.69. The topological polar surface area (TPSA) is 34.9 Å². The van der Waals surface area contributed by atoms with E-state index in [9.17, 15) is 4.79 Å². The zero-order valence-corrected chi connectivity index (χ0v) is 10.9. The van der Waals surface area contributed by atoms with E-state index in [4.69, 9.17) is 11.6 Å². The minimum Gasteiger partial charge on any atom is -0.294 e. The first kappa shape index (κ1) is 11.5. The largest absolute Gasteiger partial charge is 0.294 e. The summed E-state index contributed by atoms with van der Waals surface area (Å²) in [6.45, 7) is 0. The van der Waals surface area contributed by atoms with E-state index in [-0.39, 0.29) is 5.78 Å². The van der Waals surface area contributed by atoms with Gasteiger partial charge in [-0.3, -0.25) is 9.48 Å². The molecular weight excluding hydrogens is 248 g/mol. The number of carbonyl (C=O) groups excluding carboxylic acids is 1. The lowest BCUT2D eigenvalue weighted by atomic mass is 9.92. The van der Waals surface area contributed by atoms with Crippen molar-refractivity contribution in [2.45, 2.75) is 19.3 Å². The van der Waals surface area contributed by atoms with Crippen LogP contribution in [0, 0.1) is 0 Å². The van der Waals surface area contributed by atoms with Gasteiger partial charge < -0.3 is 0 Å². The molecule has 0 saturated carbocycles. The van der Waals surface area contributed by atoms with Crippen molar-refractivity contribution in [3.8, 4) is 11.3 Å². The normalized spacial score (nSPS) is 14.7. The summed E-state index contributed by atoms with van der Waals surface area (Å²) in [6.07, 6.45) is 2.46. The summed E-state index contributed by atoms with van der Waals surface area (Å²) in [5.74, 6) is 0.194. The van der Waals surface area contributed by atoms with Crippen molar-refractivity contribution in [1.29, 1.82) is 0 Å². The van der Waals surface area contributed by atoms with Gasteiger partial charge in [0.2, 0.25) is 0 Å². The highest BCUT2D eigenvalue weighted by Gasteiger charge is 2.26. The molecule has 0 N–H and O–H groups in total. The Bertz CT molecular complexity index is 631. The molecule has 1 aromatic carbocycles. The molecule has 3 rings (SSSR count). The number of halogens is 1. The SMILES string of the molecule is Cn1nc(-c2cccc(Cl)c2)c2c1CCCC2=O. The van der Waals surface area contributed by atoms with Crippen LogP contribution in [0.4, 0.5) is 0 Å². The maximum Gasteiger partial charge on any atom is 0.166 e. The van der Waals surface area contributed by atoms with Crippen molar-refractivity contribution in [1.82, 2.24) is 9.78 Å². The summed E-state index contributed by atoms with van der Waals surface area (Å²) in [6, 6.07) is 7.50. The lowest BCUT2D eigenvalue weighted by molar-refractivity contribution is 0.0972. The predicted octanol–water partition coefficient (Wildman–Crippen LogP) is 3.26. The minimum absolute atomic E-state index is 0.194. The summed E-state index contributed by atoms with van der Waals surface area (Å²) in [7, 11) is 1.89. The Kier molecular flexibility index (Phi) is 2.71. The van der Waals surface area contributed by atoms with E-state index in [1.165, 1.54) is 0 Å². The first-order valence-electron chi connectivity index (χ1n) is 6.02. The number of nitrogens with zero attached hydrogens (tertiary/aromatic N) is 2. The van der Waals surface area contributed by atoms with Crippen LogP contribution in [0.25, 0.3) is 11.3 Å². The van der Waals surface area contributed by atoms with Crippen LogP contribution in [-0.2, 0) is 13.5 Å². The molecule has 1 aliphatic rings. The molecule has 92 valence electrons. The summed E-state index contributed by atoms with van der Waals surface area (Å²) in [5.41, 5.74) is 3.50. The van der Waals surface area contributed by atoms with Crippen molar-refractivity contribution in [2.24, 2.45) is 7.05 Å². The fourth-order valence-corrected chi connectivity index (χ4v) is 2.71. The van der Waals surface area contributed by atoms with Gasteiger partial charge in [-0.25, -0.2) is 0 Å². The molecule has 0 amide bonds. The van der Waals surface area contributed by atoms with E-state index in [1.54, 1.807) is 0 Å². The maximum absolute atomic E-state index is 12.1. The molecule has 1 heterocycles. The van der Waals surface area contributed by atoms with Crippen LogP contribution in [0.5, 0.6) is 0 Å². The Balaban J connectivity index is 2.22. The van der Waals surface area contributed by atoms with Gasteiger partial charge in [-0.1, -0.05) is 23.7 Å². The Morgan fingerprint density at radius 1 is 1.33 bits per heavy atom. The van der Waals surface area contributed by atoms with Crippen molar-refractivity contribution < 1.29 is 4.79 Å². The van der Waals surface area contributed by atoms with Crippen LogP contribution >= 0.6 is 11.6 Å². The van der Waals surface area contributed by atoms with Crippen molar-refractivity contribution in [3.63, 3.8) is 0 Å². The van der Waals surface area contributed by atoms with Gasteiger partial charge in [0.05, 0.1) is 5.56 Å². The molecule has 1 aromatic heterocycles. The fourth-order valence-electron chi connectivity index (χ4n) is 2.52. The first-order chi connectivity index (χ1) is 8.66. The van der Waals surface area contributed by atoms with Crippen molar-refractivity contribution in [2.75, 3.05) is 0 Å². The van der Waals surface area contributed by atoms with Crippen LogP contribution in [0.2, 0.25) is 5.02 Å². The number of hydrogen-bond acceptors (Lipinski definition) is 2. The first-order valence-corrected chi connectivity index (χ1v) is 6.39. The van der Waals surface area contributed by atoms with Gasteiger partial charge in [-0.2, -0.15) is 5.10 Å². The molecule has 3 nitrogen and oxygen atoms in total. The standard InChI is InChI=1S/C14H13ClN2O/c1-17-11-6-3-7-12(18)13(11)14(16-17)9-4-2-5-10(15)8-9/h2,4-5,8H,3,6-7H2,1H3. The smallest absolute Gasteiger partial charge is 0.166 e. The summed E-state index contributed by atoms with van der Waals surface area (Å²) >= 11 is 6.00. The van der Waals surface area contributed by atoms with Crippen LogP contribution in [0.3, 0.4) is 0 Å².